The zero-order chi connectivity index (χ0) is 16.2. The summed E-state index contributed by atoms with van der Waals surface area (Å²) in [5, 5.41) is 4.75. The van der Waals surface area contributed by atoms with E-state index in [-0.39, 0.29) is 5.91 Å². The zero-order valence-corrected chi connectivity index (χ0v) is 14.4. The second-order valence-corrected chi connectivity index (χ2v) is 6.94. The van der Waals surface area contributed by atoms with Gasteiger partial charge in [-0.2, -0.15) is 0 Å². The molecule has 1 unspecified atom stereocenters. The molecule has 0 spiro atoms. The number of para-hydroxylation sites is 1. The van der Waals surface area contributed by atoms with Crippen molar-refractivity contribution < 1.29 is 4.79 Å². The third-order valence-corrected chi connectivity index (χ3v) is 4.99. The summed E-state index contributed by atoms with van der Waals surface area (Å²) in [5.41, 5.74) is 0.897. The van der Waals surface area contributed by atoms with Gasteiger partial charge in [0.05, 0.1) is 11.3 Å². The fraction of sp³-hybridized carbons (Fsp3) is 0.471. The Kier molecular flexibility index (Phi) is 5.00. The Balaban J connectivity index is 1.70. The number of carbonyl (C=O) groups excluding carboxylic acids is 1. The molecule has 2 heterocycles. The average molecular weight is 330 g/mol. The number of fused-ring (bicyclic) bond motifs is 1. The predicted molar refractivity (Wildman–Crippen MR) is 94.8 cm³/mol. The number of thioether (sulfide) groups is 1. The summed E-state index contributed by atoms with van der Waals surface area (Å²) < 4.78 is 0. The van der Waals surface area contributed by atoms with Crippen molar-refractivity contribution in [2.24, 2.45) is 5.92 Å². The molecule has 0 bridgehead atoms. The van der Waals surface area contributed by atoms with Crippen molar-refractivity contribution in [2.75, 3.05) is 31.2 Å². The molecular formula is C17H22N4OS. The van der Waals surface area contributed by atoms with Gasteiger partial charge in [-0.15, -0.1) is 0 Å². The summed E-state index contributed by atoms with van der Waals surface area (Å²) in [4.78, 5) is 23.4. The van der Waals surface area contributed by atoms with E-state index in [2.05, 4.69) is 22.2 Å². The molecule has 3 rings (SSSR count). The highest BCUT2D eigenvalue weighted by Gasteiger charge is 2.21. The van der Waals surface area contributed by atoms with Gasteiger partial charge < -0.3 is 10.2 Å². The molecule has 1 fully saturated rings. The van der Waals surface area contributed by atoms with E-state index in [1.54, 1.807) is 0 Å². The number of nitrogens with zero attached hydrogens (tertiary/aromatic N) is 3. The molecule has 1 aliphatic heterocycles. The molecule has 0 radical (unpaired) electrons. The molecular weight excluding hydrogens is 308 g/mol. The van der Waals surface area contributed by atoms with Gasteiger partial charge in [0.25, 0.3) is 0 Å². The smallest absolute Gasteiger partial charge is 0.233 e. The Morgan fingerprint density at radius 1 is 1.39 bits per heavy atom. The monoisotopic (exact) mass is 330 g/mol. The second kappa shape index (κ2) is 7.17. The lowest BCUT2D eigenvalue weighted by Gasteiger charge is -2.30. The van der Waals surface area contributed by atoms with E-state index in [0.717, 1.165) is 36.2 Å². The van der Waals surface area contributed by atoms with E-state index in [1.807, 2.05) is 36.2 Å². The molecule has 1 atom stereocenters. The van der Waals surface area contributed by atoms with Gasteiger partial charge in [0.2, 0.25) is 5.91 Å². The molecule has 1 amide bonds. The summed E-state index contributed by atoms with van der Waals surface area (Å²) in [7, 11) is 1.85. The fourth-order valence-corrected chi connectivity index (χ4v) is 3.70. The van der Waals surface area contributed by atoms with Gasteiger partial charge in [0.1, 0.15) is 5.82 Å². The first-order chi connectivity index (χ1) is 11.2. The molecule has 2 aromatic rings. The normalized spacial score (nSPS) is 18.2. The summed E-state index contributed by atoms with van der Waals surface area (Å²) in [5.74, 6) is 1.99. The molecule has 6 heteroatoms. The summed E-state index contributed by atoms with van der Waals surface area (Å²) in [6, 6.07) is 7.90. The number of benzene rings is 1. The third-order valence-electron chi connectivity index (χ3n) is 4.15. The number of amides is 1. The van der Waals surface area contributed by atoms with E-state index < -0.39 is 0 Å². The van der Waals surface area contributed by atoms with Crippen LogP contribution in [0.25, 0.3) is 10.9 Å². The van der Waals surface area contributed by atoms with Crippen LogP contribution in [-0.2, 0) is 4.79 Å². The van der Waals surface area contributed by atoms with Gasteiger partial charge in [0.15, 0.2) is 5.16 Å². The minimum atomic E-state index is 0.185. The van der Waals surface area contributed by atoms with Crippen molar-refractivity contribution >= 4 is 34.4 Å². The quantitative estimate of drug-likeness (QED) is 0.690. The SMILES string of the molecule is CNc1nc(SCC(=O)N2CCCC(C)C2)nc2ccccc12. The van der Waals surface area contributed by atoms with Crippen molar-refractivity contribution in [1.82, 2.24) is 14.9 Å². The van der Waals surface area contributed by atoms with Crippen LogP contribution in [0.4, 0.5) is 5.82 Å². The van der Waals surface area contributed by atoms with Crippen molar-refractivity contribution in [3.05, 3.63) is 24.3 Å². The van der Waals surface area contributed by atoms with Crippen molar-refractivity contribution in [2.45, 2.75) is 24.9 Å². The van der Waals surface area contributed by atoms with Crippen LogP contribution in [0, 0.1) is 5.92 Å². The number of nitrogens with one attached hydrogen (secondary N) is 1. The maximum Gasteiger partial charge on any atom is 0.233 e. The van der Waals surface area contributed by atoms with Gasteiger partial charge in [-0.1, -0.05) is 30.8 Å². The Morgan fingerprint density at radius 2 is 2.22 bits per heavy atom. The number of likely N-dealkylation sites (tertiary alicyclic amines) is 1. The summed E-state index contributed by atoms with van der Waals surface area (Å²) in [6.45, 7) is 3.96. The van der Waals surface area contributed by atoms with Crippen LogP contribution in [0.1, 0.15) is 19.8 Å². The zero-order valence-electron chi connectivity index (χ0n) is 13.6. The first kappa shape index (κ1) is 16.1. The number of anilines is 1. The van der Waals surface area contributed by atoms with Crippen LogP contribution >= 0.6 is 11.8 Å². The largest absolute Gasteiger partial charge is 0.372 e. The average Bonchev–Trinajstić information content (AvgIpc) is 2.58. The molecule has 0 saturated carbocycles. The van der Waals surface area contributed by atoms with Crippen molar-refractivity contribution in [1.29, 1.82) is 0 Å². The predicted octanol–water partition coefficient (Wildman–Crippen LogP) is 3.02. The van der Waals surface area contributed by atoms with Crippen LogP contribution in [0.5, 0.6) is 0 Å². The lowest BCUT2D eigenvalue weighted by Crippen LogP contribution is -2.40. The summed E-state index contributed by atoms with van der Waals surface area (Å²) >= 11 is 1.41. The minimum Gasteiger partial charge on any atom is -0.372 e. The first-order valence-corrected chi connectivity index (χ1v) is 9.01. The number of hydrogen-bond acceptors (Lipinski definition) is 5. The van der Waals surface area contributed by atoms with Crippen LogP contribution < -0.4 is 5.32 Å². The van der Waals surface area contributed by atoms with E-state index in [0.29, 0.717) is 16.8 Å². The van der Waals surface area contributed by atoms with Crippen LogP contribution in [0.15, 0.2) is 29.4 Å². The van der Waals surface area contributed by atoms with Crippen molar-refractivity contribution in [3.8, 4) is 0 Å². The molecule has 1 N–H and O–H groups in total. The molecule has 23 heavy (non-hydrogen) atoms. The maximum atomic E-state index is 12.4. The van der Waals surface area contributed by atoms with Crippen LogP contribution in [-0.4, -0.2) is 46.7 Å². The second-order valence-electron chi connectivity index (χ2n) is 6.00. The van der Waals surface area contributed by atoms with Gasteiger partial charge in [-0.05, 0) is 30.9 Å². The highest BCUT2D eigenvalue weighted by molar-refractivity contribution is 7.99. The van der Waals surface area contributed by atoms with Crippen LogP contribution in [0.3, 0.4) is 0 Å². The molecule has 1 aliphatic rings. The van der Waals surface area contributed by atoms with E-state index in [4.69, 9.17) is 0 Å². The molecule has 122 valence electrons. The topological polar surface area (TPSA) is 58.1 Å². The standard InChI is InChI=1S/C17H22N4OS/c1-12-6-5-9-21(10-12)15(22)11-23-17-19-14-8-4-3-7-13(14)16(18-2)20-17/h3-4,7-8,12H,5-6,9-11H2,1-2H3,(H,18,19,20). The first-order valence-electron chi connectivity index (χ1n) is 8.02. The number of rotatable bonds is 4. The number of aromatic nitrogens is 2. The summed E-state index contributed by atoms with van der Waals surface area (Å²) in [6.07, 6.45) is 2.32. The molecule has 1 saturated heterocycles. The van der Waals surface area contributed by atoms with Gasteiger partial charge in [0, 0.05) is 25.5 Å². The highest BCUT2D eigenvalue weighted by atomic mass is 32.2. The van der Waals surface area contributed by atoms with Gasteiger partial charge in [-0.25, -0.2) is 9.97 Å². The minimum absolute atomic E-state index is 0.185. The highest BCUT2D eigenvalue weighted by Crippen LogP contribution is 2.24. The Labute approximate surface area is 140 Å². The van der Waals surface area contributed by atoms with Crippen LogP contribution in [0.2, 0.25) is 0 Å². The van der Waals surface area contributed by atoms with E-state index in [1.165, 1.54) is 18.2 Å². The van der Waals surface area contributed by atoms with Gasteiger partial charge in [-0.3, -0.25) is 4.79 Å². The Morgan fingerprint density at radius 3 is 3.00 bits per heavy atom. The number of carbonyl (C=O) groups is 1. The molecule has 0 aliphatic carbocycles. The fourth-order valence-electron chi connectivity index (χ4n) is 2.94. The molecule has 1 aromatic heterocycles. The lowest BCUT2D eigenvalue weighted by atomic mass is 10.0. The molecule has 1 aromatic carbocycles. The Hall–Kier alpha value is -1.82. The third kappa shape index (κ3) is 3.75. The Bertz CT molecular complexity index is 706. The van der Waals surface area contributed by atoms with Crippen molar-refractivity contribution in [3.63, 3.8) is 0 Å². The molecule has 5 nitrogen and oxygen atoms in total. The van der Waals surface area contributed by atoms with E-state index in [9.17, 15) is 4.79 Å². The number of piperidine rings is 1. The van der Waals surface area contributed by atoms with Gasteiger partial charge >= 0.3 is 0 Å². The van der Waals surface area contributed by atoms with E-state index >= 15 is 0 Å². The maximum absolute atomic E-state index is 12.4. The lowest BCUT2D eigenvalue weighted by molar-refractivity contribution is -0.130. The number of hydrogen-bond donors (Lipinski definition) is 1.